The van der Waals surface area contributed by atoms with E-state index in [1.807, 2.05) is 30.5 Å². The molecule has 0 aliphatic heterocycles. The average Bonchev–Trinajstić information content (AvgIpc) is 2.89. The van der Waals surface area contributed by atoms with Crippen molar-refractivity contribution in [1.82, 2.24) is 9.38 Å². The third kappa shape index (κ3) is 1.90. The van der Waals surface area contributed by atoms with Crippen LogP contribution in [-0.4, -0.2) is 16.5 Å². The molecule has 2 heterocycles. The number of ether oxygens (including phenoxy) is 1. The van der Waals surface area contributed by atoms with E-state index >= 15 is 0 Å². The van der Waals surface area contributed by atoms with Crippen LogP contribution in [0.3, 0.4) is 0 Å². The molecule has 2 aromatic heterocycles. The summed E-state index contributed by atoms with van der Waals surface area (Å²) >= 11 is 6.14. The van der Waals surface area contributed by atoms with Crippen LogP contribution in [0, 0.1) is 0 Å². The number of anilines is 1. The highest BCUT2D eigenvalue weighted by molar-refractivity contribution is 6.30. The second kappa shape index (κ2) is 4.48. The molecule has 1 aromatic carbocycles. The Morgan fingerprint density at radius 2 is 2.00 bits per heavy atom. The lowest BCUT2D eigenvalue weighted by Gasteiger charge is -2.04. The zero-order chi connectivity index (χ0) is 13.4. The van der Waals surface area contributed by atoms with Gasteiger partial charge >= 0.3 is 0 Å². The summed E-state index contributed by atoms with van der Waals surface area (Å²) < 4.78 is 7.11. The van der Waals surface area contributed by atoms with Gasteiger partial charge in [0.2, 0.25) is 0 Å². The van der Waals surface area contributed by atoms with E-state index in [1.165, 1.54) is 0 Å². The summed E-state index contributed by atoms with van der Waals surface area (Å²) in [5.41, 5.74) is 8.83. The number of hydrogen-bond acceptors (Lipinski definition) is 3. The van der Waals surface area contributed by atoms with Crippen LogP contribution in [0.5, 0.6) is 5.75 Å². The largest absolute Gasteiger partial charge is 0.496 e. The number of fused-ring (bicyclic) bond motifs is 1. The molecule has 0 aliphatic rings. The van der Waals surface area contributed by atoms with Crippen molar-refractivity contribution in [3.05, 3.63) is 47.7 Å². The zero-order valence-corrected chi connectivity index (χ0v) is 11.1. The molecule has 4 nitrogen and oxygen atoms in total. The summed E-state index contributed by atoms with van der Waals surface area (Å²) in [7, 11) is 1.63. The van der Waals surface area contributed by atoms with Crippen LogP contribution < -0.4 is 10.5 Å². The summed E-state index contributed by atoms with van der Waals surface area (Å²) in [6, 6.07) is 11.2. The number of rotatable bonds is 2. The predicted molar refractivity (Wildman–Crippen MR) is 76.6 cm³/mol. The fourth-order valence-corrected chi connectivity index (χ4v) is 2.24. The number of aromatic nitrogens is 2. The third-order valence-electron chi connectivity index (χ3n) is 2.98. The molecular weight excluding hydrogens is 262 g/mol. The lowest BCUT2D eigenvalue weighted by atomic mass is 10.1. The minimum atomic E-state index is 0.567. The van der Waals surface area contributed by atoms with Gasteiger partial charge in [-0.2, -0.15) is 0 Å². The van der Waals surface area contributed by atoms with Gasteiger partial charge in [-0.15, -0.1) is 0 Å². The Bertz CT molecular complexity index is 713. The molecule has 0 fully saturated rings. The van der Waals surface area contributed by atoms with Gasteiger partial charge in [-0.3, -0.25) is 4.40 Å². The SMILES string of the molecule is COc1ccccc1-c1cn2c(Cl)ccc(N)c2n1. The molecule has 0 amide bonds. The van der Waals surface area contributed by atoms with Crippen molar-refractivity contribution in [2.24, 2.45) is 0 Å². The van der Waals surface area contributed by atoms with Crippen molar-refractivity contribution in [1.29, 1.82) is 0 Å². The molecule has 96 valence electrons. The summed E-state index contributed by atoms with van der Waals surface area (Å²) in [4.78, 5) is 4.53. The molecular formula is C14H12ClN3O. The molecule has 0 aliphatic carbocycles. The van der Waals surface area contributed by atoms with Gasteiger partial charge in [-0.05, 0) is 24.3 Å². The second-order valence-electron chi connectivity index (χ2n) is 4.13. The lowest BCUT2D eigenvalue weighted by Crippen LogP contribution is -1.92. The van der Waals surface area contributed by atoms with Crippen LogP contribution >= 0.6 is 11.6 Å². The predicted octanol–water partition coefficient (Wildman–Crippen LogP) is 3.25. The Hall–Kier alpha value is -2.20. The van der Waals surface area contributed by atoms with E-state index < -0.39 is 0 Å². The molecule has 19 heavy (non-hydrogen) atoms. The van der Waals surface area contributed by atoms with Gasteiger partial charge in [0.25, 0.3) is 0 Å². The van der Waals surface area contributed by atoms with E-state index in [-0.39, 0.29) is 0 Å². The zero-order valence-electron chi connectivity index (χ0n) is 10.3. The molecule has 0 saturated carbocycles. The van der Waals surface area contributed by atoms with Gasteiger partial charge in [0, 0.05) is 11.8 Å². The minimum Gasteiger partial charge on any atom is -0.496 e. The summed E-state index contributed by atoms with van der Waals surface area (Å²) in [5, 5.41) is 0.567. The third-order valence-corrected chi connectivity index (χ3v) is 3.29. The number of nitrogens with zero attached hydrogens (tertiary/aromatic N) is 2. The van der Waals surface area contributed by atoms with Crippen LogP contribution in [0.15, 0.2) is 42.6 Å². The normalized spacial score (nSPS) is 10.8. The molecule has 0 unspecified atom stereocenters. The van der Waals surface area contributed by atoms with Crippen LogP contribution in [-0.2, 0) is 0 Å². The summed E-state index contributed by atoms with van der Waals surface area (Å²) in [6.45, 7) is 0. The standard InChI is InChI=1S/C14H12ClN3O/c1-19-12-5-3-2-4-9(12)11-8-18-13(15)7-6-10(16)14(18)17-11/h2-8H,16H2,1H3. The Labute approximate surface area is 115 Å². The van der Waals surface area contributed by atoms with Crippen LogP contribution in [0.2, 0.25) is 5.15 Å². The Balaban J connectivity index is 2.27. The van der Waals surface area contributed by atoms with E-state index in [1.54, 1.807) is 23.6 Å². The van der Waals surface area contributed by atoms with Crippen molar-refractivity contribution in [3.8, 4) is 17.0 Å². The molecule has 3 rings (SSSR count). The van der Waals surface area contributed by atoms with Crippen molar-refractivity contribution < 1.29 is 4.74 Å². The lowest BCUT2D eigenvalue weighted by molar-refractivity contribution is 0.416. The van der Waals surface area contributed by atoms with Gasteiger partial charge < -0.3 is 10.5 Å². The average molecular weight is 274 g/mol. The quantitative estimate of drug-likeness (QED) is 0.729. The Kier molecular flexibility index (Phi) is 2.80. The molecule has 5 heteroatoms. The van der Waals surface area contributed by atoms with Crippen LogP contribution in [0.4, 0.5) is 5.69 Å². The van der Waals surface area contributed by atoms with Crippen molar-refractivity contribution in [3.63, 3.8) is 0 Å². The minimum absolute atomic E-state index is 0.567. The number of methoxy groups -OCH3 is 1. The number of para-hydroxylation sites is 1. The molecule has 0 bridgehead atoms. The first-order valence-corrected chi connectivity index (χ1v) is 6.15. The molecule has 0 saturated heterocycles. The maximum atomic E-state index is 6.14. The number of hydrogen-bond donors (Lipinski definition) is 1. The number of halogens is 1. The monoisotopic (exact) mass is 273 g/mol. The smallest absolute Gasteiger partial charge is 0.161 e. The fourth-order valence-electron chi connectivity index (χ4n) is 2.05. The first-order chi connectivity index (χ1) is 9.20. The van der Waals surface area contributed by atoms with Gasteiger partial charge in [0.05, 0.1) is 18.5 Å². The van der Waals surface area contributed by atoms with E-state index in [9.17, 15) is 0 Å². The van der Waals surface area contributed by atoms with E-state index in [4.69, 9.17) is 22.1 Å². The Morgan fingerprint density at radius 3 is 2.74 bits per heavy atom. The van der Waals surface area contributed by atoms with Gasteiger partial charge in [-0.1, -0.05) is 23.7 Å². The van der Waals surface area contributed by atoms with Crippen molar-refractivity contribution in [2.45, 2.75) is 0 Å². The first kappa shape index (κ1) is 11.9. The van der Waals surface area contributed by atoms with Crippen LogP contribution in [0.1, 0.15) is 0 Å². The highest BCUT2D eigenvalue weighted by Crippen LogP contribution is 2.31. The van der Waals surface area contributed by atoms with Gasteiger partial charge in [0.15, 0.2) is 5.65 Å². The van der Waals surface area contributed by atoms with Gasteiger partial charge in [-0.25, -0.2) is 4.98 Å². The molecule has 2 N–H and O–H groups in total. The Morgan fingerprint density at radius 1 is 1.21 bits per heavy atom. The fraction of sp³-hybridized carbons (Fsp3) is 0.0714. The number of pyridine rings is 1. The van der Waals surface area contributed by atoms with E-state index in [0.717, 1.165) is 17.0 Å². The highest BCUT2D eigenvalue weighted by Gasteiger charge is 2.12. The molecule has 0 radical (unpaired) electrons. The van der Waals surface area contributed by atoms with Crippen LogP contribution in [0.25, 0.3) is 16.9 Å². The van der Waals surface area contributed by atoms with Gasteiger partial charge in [0.1, 0.15) is 10.9 Å². The topological polar surface area (TPSA) is 52.5 Å². The molecule has 0 atom stereocenters. The number of nitrogen functional groups attached to an aromatic ring is 1. The number of nitrogens with two attached hydrogens (primary N) is 1. The van der Waals surface area contributed by atoms with E-state index in [2.05, 4.69) is 4.98 Å². The number of imidazole rings is 1. The maximum Gasteiger partial charge on any atom is 0.161 e. The molecule has 0 spiro atoms. The summed E-state index contributed by atoms with van der Waals surface area (Å²) in [5.74, 6) is 0.764. The first-order valence-electron chi connectivity index (χ1n) is 5.77. The second-order valence-corrected chi connectivity index (χ2v) is 4.52. The van der Waals surface area contributed by atoms with Crippen molar-refractivity contribution in [2.75, 3.05) is 12.8 Å². The highest BCUT2D eigenvalue weighted by atomic mass is 35.5. The van der Waals surface area contributed by atoms with E-state index in [0.29, 0.717) is 16.5 Å². The van der Waals surface area contributed by atoms with Crippen molar-refractivity contribution >= 4 is 22.9 Å². The number of benzene rings is 1. The molecule has 3 aromatic rings. The maximum absolute atomic E-state index is 6.14. The summed E-state index contributed by atoms with van der Waals surface area (Å²) in [6.07, 6.45) is 1.85.